The van der Waals surface area contributed by atoms with Crippen molar-refractivity contribution in [3.8, 4) is 0 Å². The molecule has 0 atom stereocenters. The lowest BCUT2D eigenvalue weighted by Crippen LogP contribution is -2.33. The number of anilines is 1. The average Bonchev–Trinajstić information content (AvgIpc) is 2.83. The lowest BCUT2D eigenvalue weighted by atomic mass is 10.1. The molecule has 0 spiro atoms. The Morgan fingerprint density at radius 3 is 2.48 bits per heavy atom. The largest absolute Gasteiger partial charge is 0.352 e. The van der Waals surface area contributed by atoms with E-state index in [0.29, 0.717) is 23.6 Å². The number of carbonyl (C=O) groups is 2. The molecule has 1 N–H and O–H groups in total. The number of halogens is 1. The van der Waals surface area contributed by atoms with Gasteiger partial charge in [-0.05, 0) is 60.0 Å². The zero-order valence-electron chi connectivity index (χ0n) is 18.4. The Bertz CT molecular complexity index is 1170. The second-order valence-corrected chi connectivity index (χ2v) is 8.91. The van der Waals surface area contributed by atoms with E-state index in [1.807, 2.05) is 42.5 Å². The van der Waals surface area contributed by atoms with Crippen molar-refractivity contribution in [2.45, 2.75) is 31.2 Å². The Kier molecular flexibility index (Phi) is 7.25. The van der Waals surface area contributed by atoms with Crippen LogP contribution in [-0.4, -0.2) is 18.4 Å². The molecule has 3 aromatic carbocycles. The summed E-state index contributed by atoms with van der Waals surface area (Å²) >= 11 is 1.43. The van der Waals surface area contributed by atoms with Gasteiger partial charge >= 0.3 is 0 Å². The lowest BCUT2D eigenvalue weighted by molar-refractivity contribution is -0.114. The highest BCUT2D eigenvalue weighted by Gasteiger charge is 2.29. The summed E-state index contributed by atoms with van der Waals surface area (Å²) in [7, 11) is 0. The van der Waals surface area contributed by atoms with Crippen LogP contribution in [0.15, 0.2) is 82.6 Å². The number of para-hydroxylation sites is 1. The number of hydrogen-bond acceptors (Lipinski definition) is 3. The van der Waals surface area contributed by atoms with Crippen LogP contribution >= 0.6 is 11.8 Å². The second kappa shape index (κ2) is 10.5. The van der Waals surface area contributed by atoms with Crippen molar-refractivity contribution >= 4 is 35.3 Å². The van der Waals surface area contributed by atoms with Gasteiger partial charge in [0.15, 0.2) is 0 Å². The molecular weight excluding hydrogens is 435 g/mol. The standard InChI is InChI=1S/C27H25FN2O2S/c1-2-3-16-29-26(31)21-12-8-19(9-13-21)17-25-27(32)30(18-20-10-14-22(28)15-11-20)23-6-4-5-7-24(23)33-25/h4-15,17H,2-3,16,18H2,1H3,(H,29,31)/b25-17-. The molecule has 0 aromatic heterocycles. The van der Waals surface area contributed by atoms with Crippen LogP contribution in [0.4, 0.5) is 10.1 Å². The van der Waals surface area contributed by atoms with Crippen LogP contribution in [0.3, 0.4) is 0 Å². The molecule has 0 aliphatic carbocycles. The maximum Gasteiger partial charge on any atom is 0.265 e. The number of nitrogens with zero attached hydrogens (tertiary/aromatic N) is 1. The van der Waals surface area contributed by atoms with Crippen molar-refractivity contribution in [2.24, 2.45) is 0 Å². The summed E-state index contributed by atoms with van der Waals surface area (Å²) in [5, 5.41) is 2.91. The van der Waals surface area contributed by atoms with E-state index in [-0.39, 0.29) is 17.6 Å². The quantitative estimate of drug-likeness (QED) is 0.346. The van der Waals surface area contributed by atoms with Crippen LogP contribution in [0.2, 0.25) is 0 Å². The summed E-state index contributed by atoms with van der Waals surface area (Å²) in [5.74, 6) is -0.502. The number of hydrogen-bond donors (Lipinski definition) is 1. The summed E-state index contributed by atoms with van der Waals surface area (Å²) in [6.07, 6.45) is 3.82. The van der Waals surface area contributed by atoms with Gasteiger partial charge in [-0.2, -0.15) is 0 Å². The Hall–Kier alpha value is -3.38. The predicted octanol–water partition coefficient (Wildman–Crippen LogP) is 6.04. The summed E-state index contributed by atoms with van der Waals surface area (Å²) in [4.78, 5) is 28.9. The van der Waals surface area contributed by atoms with E-state index in [4.69, 9.17) is 0 Å². The third kappa shape index (κ3) is 5.52. The fourth-order valence-corrected chi connectivity index (χ4v) is 4.61. The van der Waals surface area contributed by atoms with Crippen molar-refractivity contribution < 1.29 is 14.0 Å². The first-order valence-corrected chi connectivity index (χ1v) is 11.8. The SMILES string of the molecule is CCCCNC(=O)c1ccc(/C=C2\Sc3ccccc3N(Cc3ccc(F)cc3)C2=O)cc1. The number of fused-ring (bicyclic) bond motifs is 1. The Morgan fingerprint density at radius 2 is 1.76 bits per heavy atom. The van der Waals surface area contributed by atoms with Crippen molar-refractivity contribution in [1.82, 2.24) is 5.32 Å². The molecule has 2 amide bonds. The number of benzene rings is 3. The molecule has 1 heterocycles. The molecule has 4 rings (SSSR count). The van der Waals surface area contributed by atoms with E-state index in [1.165, 1.54) is 23.9 Å². The van der Waals surface area contributed by atoms with Crippen LogP contribution in [0.5, 0.6) is 0 Å². The third-order valence-corrected chi connectivity index (χ3v) is 6.45. The Labute approximate surface area is 197 Å². The monoisotopic (exact) mass is 460 g/mol. The number of amides is 2. The fraction of sp³-hybridized carbons (Fsp3) is 0.185. The van der Waals surface area contributed by atoms with Crippen molar-refractivity contribution in [3.05, 3.63) is 100 Å². The summed E-state index contributed by atoms with van der Waals surface area (Å²) < 4.78 is 13.3. The van der Waals surface area contributed by atoms with Gasteiger partial charge in [-0.15, -0.1) is 0 Å². The summed E-state index contributed by atoms with van der Waals surface area (Å²) in [6.45, 7) is 3.10. The lowest BCUT2D eigenvalue weighted by Gasteiger charge is -2.30. The topological polar surface area (TPSA) is 49.4 Å². The zero-order chi connectivity index (χ0) is 23.2. The minimum Gasteiger partial charge on any atom is -0.352 e. The molecule has 168 valence electrons. The van der Waals surface area contributed by atoms with Gasteiger partial charge in [0.25, 0.3) is 11.8 Å². The molecule has 0 unspecified atom stereocenters. The fourth-order valence-electron chi connectivity index (χ4n) is 3.55. The van der Waals surface area contributed by atoms with Crippen LogP contribution in [0.25, 0.3) is 6.08 Å². The number of carbonyl (C=O) groups excluding carboxylic acids is 2. The van der Waals surface area contributed by atoms with Crippen LogP contribution in [0.1, 0.15) is 41.3 Å². The Morgan fingerprint density at radius 1 is 1.03 bits per heavy atom. The van der Waals surface area contributed by atoms with E-state index >= 15 is 0 Å². The van der Waals surface area contributed by atoms with E-state index in [2.05, 4.69) is 12.2 Å². The predicted molar refractivity (Wildman–Crippen MR) is 132 cm³/mol. The molecule has 4 nitrogen and oxygen atoms in total. The van der Waals surface area contributed by atoms with E-state index in [1.54, 1.807) is 29.2 Å². The highest BCUT2D eigenvalue weighted by atomic mass is 32.2. The van der Waals surface area contributed by atoms with Gasteiger partial charge in [0, 0.05) is 17.0 Å². The van der Waals surface area contributed by atoms with Crippen molar-refractivity contribution in [3.63, 3.8) is 0 Å². The second-order valence-electron chi connectivity index (χ2n) is 7.83. The van der Waals surface area contributed by atoms with Crippen LogP contribution < -0.4 is 10.2 Å². The molecule has 0 saturated carbocycles. The number of thioether (sulfide) groups is 1. The smallest absolute Gasteiger partial charge is 0.265 e. The minimum absolute atomic E-state index is 0.0924. The normalized spacial score (nSPS) is 14.3. The highest BCUT2D eigenvalue weighted by Crippen LogP contribution is 2.42. The molecule has 3 aromatic rings. The molecule has 6 heteroatoms. The molecule has 0 saturated heterocycles. The summed E-state index contributed by atoms with van der Waals surface area (Å²) in [6, 6.07) is 21.2. The molecule has 0 radical (unpaired) electrons. The summed E-state index contributed by atoms with van der Waals surface area (Å²) in [5.41, 5.74) is 3.13. The van der Waals surface area contributed by atoms with Gasteiger partial charge in [0.1, 0.15) is 5.82 Å². The average molecular weight is 461 g/mol. The van der Waals surface area contributed by atoms with Gasteiger partial charge in [-0.1, -0.05) is 61.5 Å². The molecule has 1 aliphatic heterocycles. The minimum atomic E-state index is -0.303. The number of rotatable bonds is 7. The van der Waals surface area contributed by atoms with Gasteiger partial charge in [0.05, 0.1) is 17.1 Å². The van der Waals surface area contributed by atoms with E-state index in [9.17, 15) is 14.0 Å². The maximum absolute atomic E-state index is 13.4. The molecule has 1 aliphatic rings. The van der Waals surface area contributed by atoms with Gasteiger partial charge < -0.3 is 10.2 Å². The van der Waals surface area contributed by atoms with Gasteiger partial charge in [-0.3, -0.25) is 9.59 Å². The highest BCUT2D eigenvalue weighted by molar-refractivity contribution is 8.04. The van der Waals surface area contributed by atoms with Gasteiger partial charge in [0.2, 0.25) is 0 Å². The van der Waals surface area contributed by atoms with Gasteiger partial charge in [-0.25, -0.2) is 4.39 Å². The zero-order valence-corrected chi connectivity index (χ0v) is 19.2. The molecular formula is C27H25FN2O2S. The Balaban J connectivity index is 1.57. The van der Waals surface area contributed by atoms with Crippen LogP contribution in [-0.2, 0) is 11.3 Å². The first-order chi connectivity index (χ1) is 16.0. The van der Waals surface area contributed by atoms with Crippen molar-refractivity contribution in [1.29, 1.82) is 0 Å². The number of unbranched alkanes of at least 4 members (excludes halogenated alkanes) is 1. The first kappa shape index (κ1) is 22.8. The maximum atomic E-state index is 13.4. The van der Waals surface area contributed by atoms with E-state index in [0.717, 1.165) is 34.6 Å². The molecule has 0 bridgehead atoms. The van der Waals surface area contributed by atoms with Crippen LogP contribution in [0, 0.1) is 5.82 Å². The third-order valence-electron chi connectivity index (χ3n) is 5.37. The number of nitrogens with one attached hydrogen (secondary N) is 1. The molecule has 33 heavy (non-hydrogen) atoms. The molecule has 0 fully saturated rings. The van der Waals surface area contributed by atoms with Crippen molar-refractivity contribution in [2.75, 3.05) is 11.4 Å². The van der Waals surface area contributed by atoms with E-state index < -0.39 is 0 Å². The first-order valence-electron chi connectivity index (χ1n) is 11.0.